The number of anilines is 2. The van der Waals surface area contributed by atoms with Crippen LogP contribution in [0.2, 0.25) is 15.1 Å². The van der Waals surface area contributed by atoms with E-state index < -0.39 is 11.8 Å². The van der Waals surface area contributed by atoms with Crippen LogP contribution in [0.3, 0.4) is 0 Å². The lowest BCUT2D eigenvalue weighted by Crippen LogP contribution is -2.41. The molecule has 4 rings (SSSR count). The molecule has 1 saturated heterocycles. The van der Waals surface area contributed by atoms with Crippen molar-refractivity contribution in [2.75, 3.05) is 51.0 Å². The molecule has 3 N–H and O–H groups in total. The fourth-order valence-electron chi connectivity index (χ4n) is 4.38. The molecule has 14 heteroatoms. The zero-order chi connectivity index (χ0) is 29.5. The molecule has 1 aliphatic rings. The number of carbonyl (C=O) groups excluding carboxylic acids is 3. The molecule has 3 aromatic rings. The van der Waals surface area contributed by atoms with E-state index in [9.17, 15) is 14.4 Å². The summed E-state index contributed by atoms with van der Waals surface area (Å²) in [4.78, 5) is 47.4. The summed E-state index contributed by atoms with van der Waals surface area (Å²) in [6, 6.07) is 5.79. The molecule has 41 heavy (non-hydrogen) atoms. The van der Waals surface area contributed by atoms with Gasteiger partial charge in [0.25, 0.3) is 11.8 Å². The summed E-state index contributed by atoms with van der Waals surface area (Å²) in [5.74, 6) is -0.685. The number of ether oxygens (including phenoxy) is 1. The molecule has 0 aliphatic carbocycles. The van der Waals surface area contributed by atoms with E-state index in [0.29, 0.717) is 17.1 Å². The SMILES string of the molecule is CNC(=O)N(CCN1CCCC1)Cc1csc(C(=O)Nc2c(OC)cc(Cl)cc2C(=O)Nc2ccc(Cl)cn2)c1Cl. The maximum atomic E-state index is 13.4. The number of nitrogens with one attached hydrogen (secondary N) is 3. The van der Waals surface area contributed by atoms with Crippen molar-refractivity contribution in [3.8, 4) is 5.75 Å². The summed E-state index contributed by atoms with van der Waals surface area (Å²) in [6.45, 7) is 3.57. The van der Waals surface area contributed by atoms with Gasteiger partial charge in [-0.15, -0.1) is 11.3 Å². The molecule has 218 valence electrons. The second-order valence-electron chi connectivity index (χ2n) is 9.23. The van der Waals surface area contributed by atoms with Gasteiger partial charge in [0.05, 0.1) is 28.4 Å². The van der Waals surface area contributed by atoms with Crippen molar-refractivity contribution in [2.24, 2.45) is 0 Å². The van der Waals surface area contributed by atoms with Crippen molar-refractivity contribution in [2.45, 2.75) is 19.4 Å². The standard InChI is InChI=1S/C27H29Cl3N6O4S/c1-31-27(39)36(10-9-35-7-3-4-8-35)14-16-15-41-24(22(16)30)26(38)34-23-19(11-18(29)12-20(23)40-2)25(37)33-21-6-5-17(28)13-32-21/h5-6,11-13,15H,3-4,7-10,14H2,1-2H3,(H,31,39)(H,34,38)(H,32,33,37). The molecule has 1 aliphatic heterocycles. The highest BCUT2D eigenvalue weighted by Gasteiger charge is 2.25. The second kappa shape index (κ2) is 14.2. The maximum absolute atomic E-state index is 13.4. The Morgan fingerprint density at radius 1 is 1.07 bits per heavy atom. The Balaban J connectivity index is 1.54. The van der Waals surface area contributed by atoms with Gasteiger partial charge in [0.15, 0.2) is 0 Å². The van der Waals surface area contributed by atoms with Gasteiger partial charge in [-0.2, -0.15) is 0 Å². The lowest BCUT2D eigenvalue weighted by Gasteiger charge is -2.25. The van der Waals surface area contributed by atoms with E-state index in [1.54, 1.807) is 29.5 Å². The Kier molecular flexibility index (Phi) is 10.7. The summed E-state index contributed by atoms with van der Waals surface area (Å²) in [7, 11) is 2.98. The fourth-order valence-corrected chi connectivity index (χ4v) is 5.94. The minimum absolute atomic E-state index is 0.0556. The number of methoxy groups -OCH3 is 1. The minimum Gasteiger partial charge on any atom is -0.494 e. The Hall–Kier alpha value is -3.09. The van der Waals surface area contributed by atoms with Gasteiger partial charge in [0, 0.05) is 49.5 Å². The van der Waals surface area contributed by atoms with Crippen LogP contribution < -0.4 is 20.7 Å². The third-order valence-corrected chi connectivity index (χ3v) is 8.51. The van der Waals surface area contributed by atoms with Gasteiger partial charge >= 0.3 is 6.03 Å². The van der Waals surface area contributed by atoms with Gasteiger partial charge in [-0.1, -0.05) is 34.8 Å². The minimum atomic E-state index is -0.576. The topological polar surface area (TPSA) is 116 Å². The smallest absolute Gasteiger partial charge is 0.317 e. The van der Waals surface area contributed by atoms with E-state index in [2.05, 4.69) is 25.8 Å². The average molecular weight is 640 g/mol. The molecule has 0 atom stereocenters. The molecular formula is C27H29Cl3N6O4S. The number of likely N-dealkylation sites (tertiary alicyclic amines) is 1. The molecule has 1 aromatic carbocycles. The van der Waals surface area contributed by atoms with Crippen LogP contribution in [-0.4, -0.2) is 73.0 Å². The van der Waals surface area contributed by atoms with Gasteiger partial charge in [0.1, 0.15) is 16.4 Å². The Morgan fingerprint density at radius 3 is 2.49 bits per heavy atom. The van der Waals surface area contributed by atoms with E-state index in [-0.39, 0.29) is 50.3 Å². The average Bonchev–Trinajstić information content (AvgIpc) is 3.62. The molecule has 4 amide bonds. The summed E-state index contributed by atoms with van der Waals surface area (Å²) in [6.07, 6.45) is 3.72. The summed E-state index contributed by atoms with van der Waals surface area (Å²) < 4.78 is 5.42. The number of hydrogen-bond donors (Lipinski definition) is 3. The van der Waals surface area contributed by atoms with Gasteiger partial charge in [-0.05, 0) is 49.5 Å². The maximum Gasteiger partial charge on any atom is 0.317 e. The highest BCUT2D eigenvalue weighted by atomic mass is 35.5. The van der Waals surface area contributed by atoms with Crippen LogP contribution in [0, 0.1) is 0 Å². The molecule has 0 spiro atoms. The van der Waals surface area contributed by atoms with Crippen LogP contribution in [0.4, 0.5) is 16.3 Å². The Labute approximate surface area is 256 Å². The van der Waals surface area contributed by atoms with Crippen molar-refractivity contribution in [1.29, 1.82) is 0 Å². The number of benzene rings is 1. The number of carbonyl (C=O) groups is 3. The predicted molar refractivity (Wildman–Crippen MR) is 163 cm³/mol. The predicted octanol–water partition coefficient (Wildman–Crippen LogP) is 5.85. The molecule has 0 saturated carbocycles. The van der Waals surface area contributed by atoms with E-state index in [4.69, 9.17) is 39.5 Å². The highest BCUT2D eigenvalue weighted by molar-refractivity contribution is 7.13. The summed E-state index contributed by atoms with van der Waals surface area (Å²) in [5, 5.41) is 10.7. The largest absolute Gasteiger partial charge is 0.494 e. The van der Waals surface area contributed by atoms with Gasteiger partial charge in [0.2, 0.25) is 0 Å². The highest BCUT2D eigenvalue weighted by Crippen LogP contribution is 2.35. The summed E-state index contributed by atoms with van der Waals surface area (Å²) in [5.41, 5.74) is 0.804. The van der Waals surface area contributed by atoms with E-state index in [1.807, 2.05) is 0 Å². The van der Waals surface area contributed by atoms with Crippen molar-refractivity contribution in [3.05, 3.63) is 66.9 Å². The summed E-state index contributed by atoms with van der Waals surface area (Å²) >= 11 is 19.9. The van der Waals surface area contributed by atoms with Gasteiger partial charge in [-0.25, -0.2) is 9.78 Å². The van der Waals surface area contributed by atoms with Crippen molar-refractivity contribution >= 4 is 75.5 Å². The van der Waals surface area contributed by atoms with Crippen LogP contribution in [0.25, 0.3) is 0 Å². The molecule has 3 heterocycles. The zero-order valence-electron chi connectivity index (χ0n) is 22.4. The number of rotatable bonds is 10. The van der Waals surface area contributed by atoms with Crippen LogP contribution in [0.5, 0.6) is 5.75 Å². The first-order chi connectivity index (χ1) is 19.7. The molecule has 0 bridgehead atoms. The third kappa shape index (κ3) is 7.81. The lowest BCUT2D eigenvalue weighted by atomic mass is 10.1. The van der Waals surface area contributed by atoms with Crippen molar-refractivity contribution in [1.82, 2.24) is 20.1 Å². The molecule has 1 fully saturated rings. The van der Waals surface area contributed by atoms with Crippen LogP contribution in [-0.2, 0) is 6.54 Å². The van der Waals surface area contributed by atoms with Crippen molar-refractivity contribution in [3.63, 3.8) is 0 Å². The van der Waals surface area contributed by atoms with Gasteiger partial charge < -0.3 is 30.5 Å². The van der Waals surface area contributed by atoms with E-state index in [1.165, 1.54) is 25.4 Å². The molecule has 0 unspecified atom stereocenters. The van der Waals surface area contributed by atoms with E-state index in [0.717, 1.165) is 43.8 Å². The molecule has 2 aromatic heterocycles. The number of urea groups is 1. The second-order valence-corrected chi connectivity index (χ2v) is 11.4. The number of halogens is 3. The Morgan fingerprint density at radius 2 is 1.83 bits per heavy atom. The number of amides is 4. The quantitative estimate of drug-likeness (QED) is 0.256. The van der Waals surface area contributed by atoms with Crippen molar-refractivity contribution < 1.29 is 19.1 Å². The third-order valence-electron chi connectivity index (χ3n) is 6.49. The first-order valence-electron chi connectivity index (χ1n) is 12.8. The number of nitrogens with zero attached hydrogens (tertiary/aromatic N) is 3. The first-order valence-corrected chi connectivity index (χ1v) is 14.8. The first kappa shape index (κ1) is 30.9. The lowest BCUT2D eigenvalue weighted by molar-refractivity contribution is 0.102. The number of thiophene rings is 1. The molecule has 0 radical (unpaired) electrons. The van der Waals surface area contributed by atoms with Crippen LogP contribution in [0.15, 0.2) is 35.8 Å². The monoisotopic (exact) mass is 638 g/mol. The van der Waals surface area contributed by atoms with Crippen LogP contribution >= 0.6 is 46.1 Å². The Bertz CT molecular complexity index is 1410. The normalized spacial score (nSPS) is 13.1. The molecule has 10 nitrogen and oxygen atoms in total. The van der Waals surface area contributed by atoms with Gasteiger partial charge in [-0.3, -0.25) is 9.59 Å². The number of pyridine rings is 1. The fraction of sp³-hybridized carbons (Fsp3) is 0.333. The number of hydrogen-bond acceptors (Lipinski definition) is 7. The number of aromatic nitrogens is 1. The molecular weight excluding hydrogens is 611 g/mol. The van der Waals surface area contributed by atoms with Crippen LogP contribution in [0.1, 0.15) is 38.4 Å². The van der Waals surface area contributed by atoms with E-state index >= 15 is 0 Å². The zero-order valence-corrected chi connectivity index (χ0v) is 25.5.